The van der Waals surface area contributed by atoms with E-state index in [4.69, 9.17) is 4.98 Å². The van der Waals surface area contributed by atoms with Crippen LogP contribution < -0.4 is 10.2 Å². The van der Waals surface area contributed by atoms with E-state index in [0.29, 0.717) is 22.6 Å². The maximum absolute atomic E-state index is 12.8. The summed E-state index contributed by atoms with van der Waals surface area (Å²) >= 11 is 0. The van der Waals surface area contributed by atoms with E-state index in [1.165, 1.54) is 0 Å². The zero-order valence-corrected chi connectivity index (χ0v) is 18.7. The first-order valence-electron chi connectivity index (χ1n) is 10.9. The van der Waals surface area contributed by atoms with Crippen molar-refractivity contribution in [2.75, 3.05) is 10.2 Å². The fraction of sp³-hybridized carbons (Fsp3) is 0.250. The number of fused-ring (bicyclic) bond motifs is 3. The van der Waals surface area contributed by atoms with E-state index in [2.05, 4.69) is 51.2 Å². The Labute approximate surface area is 191 Å². The molecular formula is C24H24N8O. The average Bonchev–Trinajstić information content (AvgIpc) is 3.33. The summed E-state index contributed by atoms with van der Waals surface area (Å²) in [5.41, 5.74) is 2.65. The highest BCUT2D eigenvalue weighted by Crippen LogP contribution is 2.40. The van der Waals surface area contributed by atoms with Crippen LogP contribution in [0.4, 0.5) is 11.5 Å². The third-order valence-corrected chi connectivity index (χ3v) is 5.75. The lowest BCUT2D eigenvalue weighted by atomic mass is 10.1. The van der Waals surface area contributed by atoms with E-state index in [0.717, 1.165) is 23.8 Å². The van der Waals surface area contributed by atoms with E-state index in [-0.39, 0.29) is 18.0 Å². The first kappa shape index (κ1) is 20.7. The minimum Gasteiger partial charge on any atom is -0.342 e. The van der Waals surface area contributed by atoms with Crippen LogP contribution in [0.25, 0.3) is 17.1 Å². The lowest BCUT2D eigenvalue weighted by molar-refractivity contribution is 0.102. The summed E-state index contributed by atoms with van der Waals surface area (Å²) in [5, 5.41) is 11.4. The maximum Gasteiger partial charge on any atom is 0.255 e. The zero-order chi connectivity index (χ0) is 22.9. The van der Waals surface area contributed by atoms with Gasteiger partial charge in [-0.2, -0.15) is 0 Å². The van der Waals surface area contributed by atoms with Gasteiger partial charge in [0.05, 0.1) is 24.1 Å². The minimum atomic E-state index is -0.216. The summed E-state index contributed by atoms with van der Waals surface area (Å²) in [6.45, 7) is 6.41. The molecule has 33 heavy (non-hydrogen) atoms. The number of hydrogen-bond acceptors (Lipinski definition) is 7. The van der Waals surface area contributed by atoms with Crippen LogP contribution in [-0.2, 0) is 0 Å². The van der Waals surface area contributed by atoms with E-state index in [1.54, 1.807) is 37.1 Å². The number of nitrogens with one attached hydrogen (secondary N) is 1. The molecule has 1 unspecified atom stereocenters. The highest BCUT2D eigenvalue weighted by Gasteiger charge is 2.35. The van der Waals surface area contributed by atoms with Crippen LogP contribution in [0.5, 0.6) is 0 Å². The van der Waals surface area contributed by atoms with Gasteiger partial charge in [0.2, 0.25) is 0 Å². The van der Waals surface area contributed by atoms with Crippen molar-refractivity contribution in [1.82, 2.24) is 29.7 Å². The highest BCUT2D eigenvalue weighted by molar-refractivity contribution is 6.05. The molecule has 1 aromatic carbocycles. The second kappa shape index (κ2) is 8.42. The van der Waals surface area contributed by atoms with Gasteiger partial charge in [-0.05, 0) is 38.5 Å². The number of aromatic nitrogens is 6. The Hall–Kier alpha value is -4.14. The number of nitrogens with zero attached hydrogens (tertiary/aromatic N) is 7. The Bertz CT molecular complexity index is 1300. The van der Waals surface area contributed by atoms with Crippen LogP contribution in [0.3, 0.4) is 0 Å². The molecule has 166 valence electrons. The van der Waals surface area contributed by atoms with E-state index in [1.807, 2.05) is 28.8 Å². The van der Waals surface area contributed by atoms with Crippen LogP contribution in [0, 0.1) is 0 Å². The smallest absolute Gasteiger partial charge is 0.255 e. The number of amides is 1. The van der Waals surface area contributed by atoms with Gasteiger partial charge in [0.15, 0.2) is 17.5 Å². The molecule has 0 aliphatic carbocycles. The molecular weight excluding hydrogens is 416 g/mol. The van der Waals surface area contributed by atoms with Gasteiger partial charge in [0.1, 0.15) is 12.0 Å². The Morgan fingerprint density at radius 3 is 2.73 bits per heavy atom. The Balaban J connectivity index is 1.58. The summed E-state index contributed by atoms with van der Waals surface area (Å²) < 4.78 is 1.96. The maximum atomic E-state index is 12.8. The van der Waals surface area contributed by atoms with Crippen molar-refractivity contribution in [2.24, 2.45) is 0 Å². The summed E-state index contributed by atoms with van der Waals surface area (Å²) in [7, 11) is 0. The van der Waals surface area contributed by atoms with Gasteiger partial charge in [-0.3, -0.25) is 14.3 Å². The minimum absolute atomic E-state index is 0.0532. The monoisotopic (exact) mass is 440 g/mol. The molecule has 4 heterocycles. The van der Waals surface area contributed by atoms with Crippen LogP contribution in [0.1, 0.15) is 49.4 Å². The first-order valence-corrected chi connectivity index (χ1v) is 10.9. The van der Waals surface area contributed by atoms with Gasteiger partial charge >= 0.3 is 0 Å². The predicted molar refractivity (Wildman–Crippen MR) is 125 cm³/mol. The second-order valence-corrected chi connectivity index (χ2v) is 8.13. The van der Waals surface area contributed by atoms with Gasteiger partial charge in [-0.25, -0.2) is 9.97 Å². The normalized spacial score (nSPS) is 14.7. The van der Waals surface area contributed by atoms with Gasteiger partial charge in [0.25, 0.3) is 5.91 Å². The van der Waals surface area contributed by atoms with Crippen LogP contribution >= 0.6 is 0 Å². The quantitative estimate of drug-likeness (QED) is 0.499. The molecule has 0 radical (unpaired) electrons. The molecule has 0 fully saturated rings. The van der Waals surface area contributed by atoms with Crippen molar-refractivity contribution in [3.8, 4) is 17.1 Å². The van der Waals surface area contributed by atoms with E-state index >= 15 is 0 Å². The third kappa shape index (κ3) is 3.61. The second-order valence-electron chi connectivity index (χ2n) is 8.13. The number of carbonyl (C=O) groups excluding carboxylic acids is 1. The SMILES string of the molecule is CCC1c2nncn2-c2cnc(-c3ccncc3NC(=O)c3ccccc3)nc2N1C(C)C. The molecule has 1 aliphatic rings. The topological polar surface area (TPSA) is 102 Å². The molecule has 0 saturated carbocycles. The van der Waals surface area contributed by atoms with Crippen molar-refractivity contribution in [1.29, 1.82) is 0 Å². The van der Waals surface area contributed by atoms with Crippen molar-refractivity contribution in [3.05, 3.63) is 72.7 Å². The van der Waals surface area contributed by atoms with Crippen LogP contribution in [-0.4, -0.2) is 41.7 Å². The summed E-state index contributed by atoms with van der Waals surface area (Å²) in [6, 6.07) is 11.1. The van der Waals surface area contributed by atoms with Gasteiger partial charge < -0.3 is 10.2 Å². The van der Waals surface area contributed by atoms with Gasteiger partial charge in [0, 0.05) is 23.4 Å². The lowest BCUT2D eigenvalue weighted by Crippen LogP contribution is -2.40. The van der Waals surface area contributed by atoms with Crippen molar-refractivity contribution in [2.45, 2.75) is 39.3 Å². The molecule has 0 saturated heterocycles. The van der Waals surface area contributed by atoms with Gasteiger partial charge in [-0.1, -0.05) is 25.1 Å². The summed E-state index contributed by atoms with van der Waals surface area (Å²) in [4.78, 5) is 28.8. The van der Waals surface area contributed by atoms with Crippen LogP contribution in [0.2, 0.25) is 0 Å². The molecule has 4 aromatic rings. The fourth-order valence-corrected chi connectivity index (χ4v) is 4.24. The van der Waals surface area contributed by atoms with Crippen molar-refractivity contribution < 1.29 is 4.79 Å². The standard InChI is InChI=1S/C24H24N8O/c1-4-19-23-30-27-14-31(23)20-13-26-21(29-22(20)32(19)15(2)3)17-10-11-25-12-18(17)28-24(33)16-8-6-5-7-9-16/h5-15,19H,4H2,1-3H3,(H,28,33). The third-order valence-electron chi connectivity index (χ3n) is 5.75. The fourth-order valence-electron chi connectivity index (χ4n) is 4.24. The number of rotatable bonds is 5. The molecule has 1 atom stereocenters. The molecule has 9 heteroatoms. The lowest BCUT2D eigenvalue weighted by Gasteiger charge is -2.39. The number of benzene rings is 1. The van der Waals surface area contributed by atoms with E-state index in [9.17, 15) is 4.79 Å². The van der Waals surface area contributed by atoms with Gasteiger partial charge in [-0.15, -0.1) is 10.2 Å². The molecule has 3 aromatic heterocycles. The molecule has 5 rings (SSSR count). The molecule has 1 aliphatic heterocycles. The summed E-state index contributed by atoms with van der Waals surface area (Å²) in [6.07, 6.45) is 7.64. The molecule has 1 amide bonds. The molecule has 9 nitrogen and oxygen atoms in total. The average molecular weight is 441 g/mol. The molecule has 0 bridgehead atoms. The number of carbonyl (C=O) groups is 1. The van der Waals surface area contributed by atoms with Crippen LogP contribution in [0.15, 0.2) is 61.3 Å². The predicted octanol–water partition coefficient (Wildman–Crippen LogP) is 4.05. The Morgan fingerprint density at radius 1 is 1.15 bits per heavy atom. The van der Waals surface area contributed by atoms with Crippen molar-refractivity contribution in [3.63, 3.8) is 0 Å². The molecule has 0 spiro atoms. The number of hydrogen-bond donors (Lipinski definition) is 1. The molecule has 1 N–H and O–H groups in total. The highest BCUT2D eigenvalue weighted by atomic mass is 16.1. The van der Waals surface area contributed by atoms with E-state index < -0.39 is 0 Å². The first-order chi connectivity index (χ1) is 16.1. The Kier molecular flexibility index (Phi) is 5.29. The Morgan fingerprint density at radius 2 is 1.97 bits per heavy atom. The number of pyridine rings is 1. The number of anilines is 2. The summed E-state index contributed by atoms with van der Waals surface area (Å²) in [5.74, 6) is 1.99. The largest absolute Gasteiger partial charge is 0.342 e. The zero-order valence-electron chi connectivity index (χ0n) is 18.7. The van der Waals surface area contributed by atoms with Crippen molar-refractivity contribution >= 4 is 17.4 Å².